The number of hydrogen-bond donors (Lipinski definition) is 4. The van der Waals surface area contributed by atoms with Gasteiger partial charge in [0.1, 0.15) is 0 Å². The van der Waals surface area contributed by atoms with Crippen LogP contribution in [0.1, 0.15) is 88.2 Å². The Morgan fingerprint density at radius 2 is 1.13 bits per heavy atom. The van der Waals surface area contributed by atoms with Crippen LogP contribution < -0.4 is 21.3 Å². The van der Waals surface area contributed by atoms with Gasteiger partial charge in [0.05, 0.1) is 0 Å². The molecular formula is C40H60FeN4P2. The molecule has 2 aromatic rings. The van der Waals surface area contributed by atoms with Crippen LogP contribution in [0, 0.1) is 35.5 Å². The van der Waals surface area contributed by atoms with Gasteiger partial charge in [0.25, 0.3) is 0 Å². The van der Waals surface area contributed by atoms with Crippen LogP contribution in [0.4, 0.5) is 0 Å². The molecule has 2 saturated heterocycles. The van der Waals surface area contributed by atoms with Crippen LogP contribution in [0.2, 0.25) is 0 Å². The Kier molecular flexibility index (Phi) is 10.00. The van der Waals surface area contributed by atoms with E-state index < -0.39 is 0 Å². The predicted octanol–water partition coefficient (Wildman–Crippen LogP) is 6.92. The van der Waals surface area contributed by atoms with Crippen LogP contribution in [-0.4, -0.2) is 61.7 Å². The quantitative estimate of drug-likeness (QED) is 0.143. The minimum Gasteiger partial charge on any atom is -0.314 e. The first kappa shape index (κ1) is 34.0. The number of piperazine rings is 2. The molecular weight excluding hydrogens is 654 g/mol. The number of hydrogen-bond acceptors (Lipinski definition) is 4. The smallest absolute Gasteiger partial charge is 0.314 e. The number of nitrogens with one attached hydrogen (secondary N) is 4. The Labute approximate surface area is 299 Å². The molecule has 10 fully saturated rings. The molecule has 0 amide bonds. The molecule has 4 N–H and O–H groups in total. The molecule has 7 heteroatoms. The van der Waals surface area contributed by atoms with E-state index in [1.807, 2.05) is 30.3 Å². The molecule has 47 heavy (non-hydrogen) atoms. The molecule has 0 spiro atoms. The van der Waals surface area contributed by atoms with E-state index in [-0.39, 0.29) is 30.1 Å². The fourth-order valence-corrected chi connectivity index (χ4v) is 19.7. The topological polar surface area (TPSA) is 48.1 Å². The van der Waals surface area contributed by atoms with E-state index in [2.05, 4.69) is 48.7 Å². The summed E-state index contributed by atoms with van der Waals surface area (Å²) >= 11 is 0. The zero-order valence-electron chi connectivity index (χ0n) is 28.6. The summed E-state index contributed by atoms with van der Waals surface area (Å²) in [5.41, 5.74) is 3.41. The third-order valence-electron chi connectivity index (χ3n) is 14.6. The number of rotatable bonds is 7. The largest absolute Gasteiger partial charge is 2.00 e. The molecule has 0 radical (unpaired) electrons. The summed E-state index contributed by atoms with van der Waals surface area (Å²) < 4.78 is 0. The summed E-state index contributed by atoms with van der Waals surface area (Å²) in [4.78, 5) is 0. The fraction of sp³-hybridized carbons (Fsp3) is 0.750. The van der Waals surface area contributed by atoms with Gasteiger partial charge in [0, 0.05) is 56.5 Å². The van der Waals surface area contributed by atoms with Gasteiger partial charge in [-0.2, -0.15) is 41.5 Å². The molecule has 3 atom stereocenters. The molecule has 4 nitrogen and oxygen atoms in total. The molecule has 8 saturated carbocycles. The summed E-state index contributed by atoms with van der Waals surface area (Å²) in [7, 11) is 3.45. The second kappa shape index (κ2) is 13.8. The van der Waals surface area contributed by atoms with E-state index >= 15 is 0 Å². The molecule has 258 valence electrons. The first-order valence-corrected chi connectivity index (χ1v) is 21.5. The SMILES string of the molecule is PC(c1[cH-]ccc1CP(C12CC3CC(CC(C3)C1)C2)C12CC3CC(CC(C3)C1)C2)(C1CNCCN1)C1CNCCN1.[Fe+2].c1cc[cH-]c1. The van der Waals surface area contributed by atoms with Crippen molar-refractivity contribution >= 4 is 17.2 Å². The molecule has 2 aromatic carbocycles. The van der Waals surface area contributed by atoms with Gasteiger partial charge < -0.3 is 21.3 Å². The van der Waals surface area contributed by atoms with Crippen molar-refractivity contribution in [3.8, 4) is 0 Å². The zero-order chi connectivity index (χ0) is 30.8. The minimum atomic E-state index is -0.0390. The molecule has 2 aliphatic heterocycles. The Balaban J connectivity index is 0.000000497. The summed E-state index contributed by atoms with van der Waals surface area (Å²) in [6, 6.07) is 18.5. The third-order valence-corrected chi connectivity index (χ3v) is 19.8. The summed E-state index contributed by atoms with van der Waals surface area (Å²) in [5.74, 6) is 6.39. The van der Waals surface area contributed by atoms with Crippen molar-refractivity contribution in [3.05, 3.63) is 59.7 Å². The van der Waals surface area contributed by atoms with Crippen molar-refractivity contribution in [2.75, 3.05) is 39.3 Å². The van der Waals surface area contributed by atoms with Crippen LogP contribution in [0.25, 0.3) is 0 Å². The van der Waals surface area contributed by atoms with E-state index in [4.69, 9.17) is 0 Å². The molecule has 10 aliphatic rings. The maximum Gasteiger partial charge on any atom is 2.00 e. The Morgan fingerprint density at radius 3 is 1.49 bits per heavy atom. The van der Waals surface area contributed by atoms with Crippen molar-refractivity contribution < 1.29 is 17.1 Å². The predicted molar refractivity (Wildman–Crippen MR) is 197 cm³/mol. The normalized spacial score (nSPS) is 43.4. The standard InChI is InChI=1S/C35H55N4P2.C5H5.Fe/c40-35(31-20-36-4-6-38-31,32-21-37-5-7-39-32)30-3-1-2-29(30)22-41(33-14-23-8-24(15-33)10-25(9-23)16-33)34-17-26-11-27(18-34)13-28(12-26)19-34;1-2-4-5-3-1;/h1-3,23-28,31-32,36-39H,4-22,40H2;1-5H;/q2*-1;+2. The molecule has 8 bridgehead atoms. The van der Waals surface area contributed by atoms with Gasteiger partial charge in [0.15, 0.2) is 0 Å². The third kappa shape index (κ3) is 6.26. The van der Waals surface area contributed by atoms with E-state index in [1.54, 1.807) is 88.2 Å². The van der Waals surface area contributed by atoms with Crippen molar-refractivity contribution in [2.24, 2.45) is 35.5 Å². The van der Waals surface area contributed by atoms with E-state index in [0.29, 0.717) is 22.4 Å². The van der Waals surface area contributed by atoms with E-state index in [9.17, 15) is 0 Å². The summed E-state index contributed by atoms with van der Waals surface area (Å²) in [6.07, 6.45) is 20.6. The van der Waals surface area contributed by atoms with Gasteiger partial charge in [-0.25, -0.2) is 18.2 Å². The van der Waals surface area contributed by atoms with Crippen LogP contribution in [0.15, 0.2) is 48.5 Å². The van der Waals surface area contributed by atoms with Crippen molar-refractivity contribution in [3.63, 3.8) is 0 Å². The molecule has 2 heterocycles. The average molecular weight is 715 g/mol. The monoisotopic (exact) mass is 714 g/mol. The Bertz CT molecular complexity index is 1160. The van der Waals surface area contributed by atoms with Crippen LogP contribution in [-0.2, 0) is 28.4 Å². The first-order chi connectivity index (χ1) is 22.5. The molecule has 0 aromatic heterocycles. The van der Waals surface area contributed by atoms with E-state index in [0.717, 1.165) is 74.8 Å². The maximum absolute atomic E-state index is 4.00. The van der Waals surface area contributed by atoms with Crippen LogP contribution in [0.5, 0.6) is 0 Å². The summed E-state index contributed by atoms with van der Waals surface area (Å²) in [6.45, 7) is 6.44. The minimum absolute atomic E-state index is 0. The Hall–Kier alpha value is -0.0805. The van der Waals surface area contributed by atoms with Crippen molar-refractivity contribution in [2.45, 2.75) is 111 Å². The second-order valence-corrected chi connectivity index (χ2v) is 21.7. The molecule has 3 unspecified atom stereocenters. The fourth-order valence-electron chi connectivity index (χ4n) is 13.7. The van der Waals surface area contributed by atoms with Crippen LogP contribution >= 0.6 is 17.2 Å². The van der Waals surface area contributed by atoms with E-state index in [1.165, 1.54) is 6.16 Å². The first-order valence-electron chi connectivity index (χ1n) is 19.4. The zero-order valence-corrected chi connectivity index (χ0v) is 31.7. The van der Waals surface area contributed by atoms with Crippen LogP contribution in [0.3, 0.4) is 0 Å². The maximum atomic E-state index is 4.00. The van der Waals surface area contributed by atoms with Gasteiger partial charge in [-0.05, 0) is 123 Å². The van der Waals surface area contributed by atoms with Gasteiger partial charge in [0.2, 0.25) is 0 Å². The average Bonchev–Trinajstić information content (AvgIpc) is 3.79. The molecule has 8 aliphatic carbocycles. The van der Waals surface area contributed by atoms with Gasteiger partial charge in [-0.3, -0.25) is 0 Å². The molecule has 12 rings (SSSR count). The summed E-state index contributed by atoms with van der Waals surface area (Å²) in [5, 5.41) is 16.9. The second-order valence-electron chi connectivity index (χ2n) is 17.7. The van der Waals surface area contributed by atoms with Gasteiger partial charge in [-0.15, -0.1) is 17.2 Å². The van der Waals surface area contributed by atoms with Crippen molar-refractivity contribution in [1.29, 1.82) is 0 Å². The van der Waals surface area contributed by atoms with Crippen molar-refractivity contribution in [1.82, 2.24) is 21.3 Å². The van der Waals surface area contributed by atoms with Gasteiger partial charge >= 0.3 is 17.1 Å². The van der Waals surface area contributed by atoms with Gasteiger partial charge in [-0.1, -0.05) is 6.16 Å². The Morgan fingerprint density at radius 1 is 0.681 bits per heavy atom.